The molecule has 3 heteroatoms. The molecule has 2 N–H and O–H groups in total. The van der Waals surface area contributed by atoms with E-state index in [1.54, 1.807) is 0 Å². The number of nitrogens with two attached hydrogens (primary N) is 1. The molecule has 25 heavy (non-hydrogen) atoms. The topological polar surface area (TPSA) is 56.7 Å². The molecule has 0 radical (unpaired) electrons. The van der Waals surface area contributed by atoms with Crippen LogP contribution in [0.2, 0.25) is 0 Å². The molecule has 146 valence electrons. The van der Waals surface area contributed by atoms with Gasteiger partial charge in [-0.05, 0) is 69.6 Å². The van der Waals surface area contributed by atoms with Crippen LogP contribution >= 0.6 is 0 Å². The van der Waals surface area contributed by atoms with E-state index >= 15 is 0 Å². The molecule has 3 saturated carbocycles. The van der Waals surface area contributed by atoms with Gasteiger partial charge in [0.25, 0.3) is 0 Å². The second-order valence-electron chi connectivity index (χ2n) is 8.94. The molecule has 3 fully saturated rings. The van der Waals surface area contributed by atoms with Crippen LogP contribution in [0.25, 0.3) is 0 Å². The average molecular weight is 352 g/mol. The molecule has 0 bridgehead atoms. The summed E-state index contributed by atoms with van der Waals surface area (Å²) in [5.41, 5.74) is 0. The molecule has 0 spiro atoms. The van der Waals surface area contributed by atoms with E-state index in [9.17, 15) is 9.90 Å². The monoisotopic (exact) mass is 351 g/mol. The summed E-state index contributed by atoms with van der Waals surface area (Å²) in [6.45, 7) is 2.03. The fourth-order valence-corrected chi connectivity index (χ4v) is 5.17. The number of quaternary nitrogens is 1. The highest BCUT2D eigenvalue weighted by atomic mass is 16.4. The van der Waals surface area contributed by atoms with Crippen LogP contribution < -0.4 is 10.4 Å². The van der Waals surface area contributed by atoms with Crippen LogP contribution in [-0.2, 0) is 4.79 Å². The van der Waals surface area contributed by atoms with Crippen LogP contribution in [0.1, 0.15) is 110 Å². The van der Waals surface area contributed by atoms with E-state index in [0.29, 0.717) is 11.8 Å². The highest BCUT2D eigenvalue weighted by molar-refractivity contribution is 5.64. The number of hydrogen-bond donors (Lipinski definition) is 1. The van der Waals surface area contributed by atoms with Gasteiger partial charge in [-0.15, -0.1) is 0 Å². The predicted octanol–water partition coefficient (Wildman–Crippen LogP) is 3.56. The maximum Gasteiger partial charge on any atom is 0.0861 e. The van der Waals surface area contributed by atoms with Gasteiger partial charge in [0, 0.05) is 5.97 Å². The van der Waals surface area contributed by atoms with Gasteiger partial charge in [0.2, 0.25) is 0 Å². The first-order valence-electron chi connectivity index (χ1n) is 11.2. The minimum Gasteiger partial charge on any atom is -0.550 e. The standard InChI is InChI=1S/C12H23N.C10H18O2/c1-3-7-11(8-4-1)13-12-9-5-2-6-10-12;1-8(7-10(11)12)9-5-3-2-4-6-9/h11-13H,1-10H2;8-9H,2-7H2,1H3,(H,11,12). The van der Waals surface area contributed by atoms with Crippen LogP contribution in [0.15, 0.2) is 0 Å². The lowest BCUT2D eigenvalue weighted by Crippen LogP contribution is -2.95. The molecule has 0 aromatic carbocycles. The summed E-state index contributed by atoms with van der Waals surface area (Å²) in [4.78, 5) is 10.3. The number of carbonyl (C=O) groups is 1. The van der Waals surface area contributed by atoms with Crippen LogP contribution in [0.4, 0.5) is 0 Å². The van der Waals surface area contributed by atoms with Gasteiger partial charge in [0.1, 0.15) is 0 Å². The minimum atomic E-state index is -0.895. The SMILES string of the molecule is C1CCC([NH2+]C2CCCCC2)CC1.CC(CC(=O)[O-])C1CCCCC1. The summed E-state index contributed by atoms with van der Waals surface area (Å²) in [7, 11) is 0. The zero-order chi connectivity index (χ0) is 17.9. The molecular weight excluding hydrogens is 310 g/mol. The Balaban J connectivity index is 0.000000181. The lowest BCUT2D eigenvalue weighted by Gasteiger charge is -2.27. The lowest BCUT2D eigenvalue weighted by molar-refractivity contribution is -0.725. The Morgan fingerprint density at radius 2 is 1.20 bits per heavy atom. The van der Waals surface area contributed by atoms with E-state index in [-0.39, 0.29) is 6.42 Å². The molecule has 0 saturated heterocycles. The summed E-state index contributed by atoms with van der Waals surface area (Å²) in [6.07, 6.45) is 21.5. The number of carboxylic acids is 1. The summed E-state index contributed by atoms with van der Waals surface area (Å²) >= 11 is 0. The van der Waals surface area contributed by atoms with Crippen molar-refractivity contribution in [2.24, 2.45) is 11.8 Å². The van der Waals surface area contributed by atoms with Crippen molar-refractivity contribution in [1.29, 1.82) is 0 Å². The van der Waals surface area contributed by atoms with Crippen molar-refractivity contribution in [2.45, 2.75) is 122 Å². The van der Waals surface area contributed by atoms with Crippen molar-refractivity contribution in [1.82, 2.24) is 0 Å². The zero-order valence-electron chi connectivity index (χ0n) is 16.5. The Morgan fingerprint density at radius 3 is 1.60 bits per heavy atom. The van der Waals surface area contributed by atoms with Crippen molar-refractivity contribution >= 4 is 5.97 Å². The van der Waals surface area contributed by atoms with Gasteiger partial charge >= 0.3 is 0 Å². The Kier molecular flexibility index (Phi) is 9.90. The first-order chi connectivity index (χ1) is 12.1. The maximum atomic E-state index is 10.3. The maximum absolute atomic E-state index is 10.3. The molecule has 3 aliphatic carbocycles. The molecule has 0 aromatic rings. The molecule has 0 aliphatic heterocycles. The van der Waals surface area contributed by atoms with Crippen LogP contribution in [0, 0.1) is 11.8 Å². The number of aliphatic carboxylic acids is 1. The molecule has 0 heterocycles. The van der Waals surface area contributed by atoms with Crippen LogP contribution in [0.3, 0.4) is 0 Å². The van der Waals surface area contributed by atoms with E-state index in [1.807, 2.05) is 6.92 Å². The van der Waals surface area contributed by atoms with Crippen molar-refractivity contribution in [3.8, 4) is 0 Å². The number of rotatable bonds is 5. The Bertz CT molecular complexity index is 337. The second-order valence-corrected chi connectivity index (χ2v) is 8.94. The van der Waals surface area contributed by atoms with Crippen molar-refractivity contribution in [2.75, 3.05) is 0 Å². The highest BCUT2D eigenvalue weighted by Crippen LogP contribution is 2.31. The predicted molar refractivity (Wildman–Crippen MR) is 101 cm³/mol. The zero-order valence-corrected chi connectivity index (χ0v) is 16.5. The van der Waals surface area contributed by atoms with Gasteiger partial charge in [0.15, 0.2) is 0 Å². The lowest BCUT2D eigenvalue weighted by atomic mass is 9.79. The normalized spacial score (nSPS) is 25.0. The van der Waals surface area contributed by atoms with E-state index in [1.165, 1.54) is 96.3 Å². The Morgan fingerprint density at radius 1 is 0.800 bits per heavy atom. The van der Waals surface area contributed by atoms with Gasteiger partial charge in [-0.25, -0.2) is 0 Å². The molecule has 1 atom stereocenters. The van der Waals surface area contributed by atoms with Gasteiger partial charge in [-0.1, -0.05) is 51.9 Å². The molecule has 3 aliphatic rings. The quantitative estimate of drug-likeness (QED) is 0.823. The van der Waals surface area contributed by atoms with Gasteiger partial charge in [0.05, 0.1) is 12.1 Å². The summed E-state index contributed by atoms with van der Waals surface area (Å²) in [5, 5.41) is 13.1. The average Bonchev–Trinajstić information content (AvgIpc) is 2.64. The van der Waals surface area contributed by atoms with Crippen LogP contribution in [-0.4, -0.2) is 18.1 Å². The fourth-order valence-electron chi connectivity index (χ4n) is 5.17. The Hall–Kier alpha value is -0.570. The van der Waals surface area contributed by atoms with Crippen molar-refractivity contribution < 1.29 is 15.2 Å². The van der Waals surface area contributed by atoms with E-state index in [4.69, 9.17) is 0 Å². The van der Waals surface area contributed by atoms with Crippen LogP contribution in [0.5, 0.6) is 0 Å². The smallest absolute Gasteiger partial charge is 0.0861 e. The third kappa shape index (κ3) is 8.57. The number of hydrogen-bond acceptors (Lipinski definition) is 2. The second kappa shape index (κ2) is 11.9. The van der Waals surface area contributed by atoms with Crippen molar-refractivity contribution in [3.05, 3.63) is 0 Å². The third-order valence-corrected chi connectivity index (χ3v) is 6.79. The van der Waals surface area contributed by atoms with E-state index in [2.05, 4.69) is 5.32 Å². The van der Waals surface area contributed by atoms with Gasteiger partial charge in [-0.2, -0.15) is 0 Å². The molecule has 1 unspecified atom stereocenters. The highest BCUT2D eigenvalue weighted by Gasteiger charge is 2.23. The molecule has 0 amide bonds. The Labute approximate surface area is 155 Å². The summed E-state index contributed by atoms with van der Waals surface area (Å²) < 4.78 is 0. The molecule has 3 rings (SSSR count). The molecular formula is C22H41NO2. The third-order valence-electron chi connectivity index (χ3n) is 6.79. The van der Waals surface area contributed by atoms with E-state index < -0.39 is 5.97 Å². The van der Waals surface area contributed by atoms with E-state index in [0.717, 1.165) is 12.1 Å². The largest absolute Gasteiger partial charge is 0.550 e. The molecule has 3 nitrogen and oxygen atoms in total. The summed E-state index contributed by atoms with van der Waals surface area (Å²) in [5.74, 6) is 0.0556. The molecule has 0 aromatic heterocycles. The number of carboxylic acid groups (broad SMARTS) is 1. The first kappa shape index (κ1) is 20.7. The van der Waals surface area contributed by atoms with Gasteiger partial charge < -0.3 is 15.2 Å². The fraction of sp³-hybridized carbons (Fsp3) is 0.955. The minimum absolute atomic E-state index is 0.241. The van der Waals surface area contributed by atoms with Crippen molar-refractivity contribution in [3.63, 3.8) is 0 Å². The van der Waals surface area contributed by atoms with Gasteiger partial charge in [-0.3, -0.25) is 0 Å². The number of carbonyl (C=O) groups excluding carboxylic acids is 1. The summed E-state index contributed by atoms with van der Waals surface area (Å²) in [6, 6.07) is 1.99. The first-order valence-corrected chi connectivity index (χ1v) is 11.2.